The summed E-state index contributed by atoms with van der Waals surface area (Å²) in [4.78, 5) is 37.1. The second-order valence-electron chi connectivity index (χ2n) is 20.2. The zero-order valence-electron chi connectivity index (χ0n) is 45.0. The van der Waals surface area contributed by atoms with E-state index in [0.29, 0.717) is 12.8 Å². The zero-order valence-corrected chi connectivity index (χ0v) is 45.0. The first-order valence-corrected chi connectivity index (χ1v) is 28.3. The number of carbonyl (C=O) groups excluding carboxylic acids is 3. The van der Waals surface area contributed by atoms with Gasteiger partial charge in [0.2, 0.25) is 0 Å². The minimum atomic E-state index is -1.13. The Bertz CT molecular complexity index is 1290. The SMILES string of the molecule is CCCCC/C=C/C/C=C/C/C=C/CCCCCCCCCCCC(=O)OCC(COCCC(C(=O)[O-])[N+](C)(C)C)OC(=O)CCCCCCCCC/C=C/C/C=C/CCCCCCCCCC. The van der Waals surface area contributed by atoms with E-state index in [2.05, 4.69) is 74.6 Å². The lowest BCUT2D eigenvalue weighted by Crippen LogP contribution is -2.55. The molecule has 8 nitrogen and oxygen atoms in total. The molecule has 0 aliphatic heterocycles. The van der Waals surface area contributed by atoms with E-state index in [0.717, 1.165) is 70.6 Å². The summed E-state index contributed by atoms with van der Waals surface area (Å²) < 4.78 is 17.3. The summed E-state index contributed by atoms with van der Waals surface area (Å²) in [5.41, 5.74) is 0. The van der Waals surface area contributed by atoms with Crippen LogP contribution in [-0.2, 0) is 28.6 Å². The van der Waals surface area contributed by atoms with Crippen LogP contribution in [0, 0.1) is 0 Å². The monoisotopic (exact) mass is 954 g/mol. The number of unbranched alkanes of at least 4 members (excludes halogenated alkanes) is 27. The van der Waals surface area contributed by atoms with Crippen LogP contribution < -0.4 is 5.11 Å². The molecular formula is C60H107NO7. The van der Waals surface area contributed by atoms with E-state index in [1.54, 1.807) is 21.1 Å². The quantitative estimate of drug-likeness (QED) is 0.0259. The Labute approximate surface area is 419 Å². The normalized spacial score (nSPS) is 13.2. The number of hydrogen-bond acceptors (Lipinski definition) is 7. The molecular weight excluding hydrogens is 847 g/mol. The first kappa shape index (κ1) is 65.0. The summed E-state index contributed by atoms with van der Waals surface area (Å²) in [5.74, 6) is -1.74. The lowest BCUT2D eigenvalue weighted by Gasteiger charge is -2.34. The predicted octanol–water partition coefficient (Wildman–Crippen LogP) is 15.5. The third-order valence-electron chi connectivity index (χ3n) is 12.6. The third kappa shape index (κ3) is 48.1. The molecule has 2 atom stereocenters. The molecule has 0 rings (SSSR count). The average Bonchev–Trinajstić information content (AvgIpc) is 3.30. The van der Waals surface area contributed by atoms with Crippen LogP contribution in [0.4, 0.5) is 0 Å². The zero-order chi connectivity index (χ0) is 49.9. The Morgan fingerprint density at radius 3 is 1.18 bits per heavy atom. The number of hydrogen-bond donors (Lipinski definition) is 0. The molecule has 0 amide bonds. The van der Waals surface area contributed by atoms with Crippen molar-refractivity contribution in [1.29, 1.82) is 0 Å². The second kappa shape index (κ2) is 50.4. The molecule has 0 aromatic heterocycles. The van der Waals surface area contributed by atoms with Gasteiger partial charge in [0.15, 0.2) is 6.10 Å². The number of carboxylic acids is 1. The van der Waals surface area contributed by atoms with Crippen molar-refractivity contribution >= 4 is 17.9 Å². The lowest BCUT2D eigenvalue weighted by molar-refractivity contribution is -0.889. The molecule has 68 heavy (non-hydrogen) atoms. The van der Waals surface area contributed by atoms with Crippen molar-refractivity contribution in [1.82, 2.24) is 0 Å². The van der Waals surface area contributed by atoms with Crippen LogP contribution in [0.2, 0.25) is 0 Å². The van der Waals surface area contributed by atoms with Crippen LogP contribution in [0.15, 0.2) is 60.8 Å². The fraction of sp³-hybridized carbons (Fsp3) is 0.783. The van der Waals surface area contributed by atoms with Crippen LogP contribution in [0.1, 0.15) is 251 Å². The number of esters is 2. The number of ether oxygens (including phenoxy) is 3. The molecule has 0 aromatic carbocycles. The summed E-state index contributed by atoms with van der Waals surface area (Å²) in [6.45, 7) is 4.65. The van der Waals surface area contributed by atoms with Gasteiger partial charge in [-0.2, -0.15) is 0 Å². The lowest BCUT2D eigenvalue weighted by atomic mass is 10.1. The number of quaternary nitrogens is 1. The highest BCUT2D eigenvalue weighted by Crippen LogP contribution is 2.15. The Balaban J connectivity index is 4.22. The van der Waals surface area contributed by atoms with E-state index < -0.39 is 18.1 Å². The molecule has 0 bridgehead atoms. The van der Waals surface area contributed by atoms with Gasteiger partial charge in [-0.05, 0) is 83.5 Å². The van der Waals surface area contributed by atoms with Gasteiger partial charge in [-0.3, -0.25) is 9.59 Å². The molecule has 0 saturated carbocycles. The fourth-order valence-corrected chi connectivity index (χ4v) is 8.23. The van der Waals surface area contributed by atoms with Crippen molar-refractivity contribution in [2.75, 3.05) is 41.0 Å². The van der Waals surface area contributed by atoms with E-state index >= 15 is 0 Å². The number of allylic oxidation sites excluding steroid dienone is 10. The van der Waals surface area contributed by atoms with E-state index in [1.807, 2.05) is 0 Å². The van der Waals surface area contributed by atoms with Gasteiger partial charge in [-0.25, -0.2) is 0 Å². The Morgan fingerprint density at radius 2 is 0.779 bits per heavy atom. The number of likely N-dealkylation sites (N-methyl/N-ethyl adjacent to an activating group) is 1. The van der Waals surface area contributed by atoms with E-state index in [9.17, 15) is 19.5 Å². The summed E-state index contributed by atoms with van der Waals surface area (Å²) in [6.07, 6.45) is 64.0. The smallest absolute Gasteiger partial charge is 0.306 e. The van der Waals surface area contributed by atoms with Crippen LogP contribution in [0.5, 0.6) is 0 Å². The summed E-state index contributed by atoms with van der Waals surface area (Å²) in [7, 11) is 5.42. The molecule has 0 heterocycles. The van der Waals surface area contributed by atoms with Gasteiger partial charge < -0.3 is 28.6 Å². The Hall–Kier alpha value is -2.97. The van der Waals surface area contributed by atoms with Gasteiger partial charge in [0.25, 0.3) is 0 Å². The summed E-state index contributed by atoms with van der Waals surface area (Å²) in [5, 5.41) is 11.7. The van der Waals surface area contributed by atoms with Gasteiger partial charge in [-0.15, -0.1) is 0 Å². The number of carboxylic acid groups (broad SMARTS) is 1. The first-order chi connectivity index (χ1) is 33.1. The Kier molecular flexibility index (Phi) is 48.2. The van der Waals surface area contributed by atoms with Gasteiger partial charge in [0.1, 0.15) is 12.6 Å². The molecule has 0 spiro atoms. The van der Waals surface area contributed by atoms with Crippen molar-refractivity contribution in [2.24, 2.45) is 0 Å². The van der Waals surface area contributed by atoms with Crippen molar-refractivity contribution in [3.05, 3.63) is 60.8 Å². The van der Waals surface area contributed by atoms with E-state index in [-0.39, 0.29) is 42.7 Å². The number of aliphatic carboxylic acids is 1. The van der Waals surface area contributed by atoms with Crippen LogP contribution in [-0.4, -0.2) is 75.5 Å². The predicted molar refractivity (Wildman–Crippen MR) is 286 cm³/mol. The van der Waals surface area contributed by atoms with Crippen molar-refractivity contribution < 1.29 is 38.2 Å². The topological polar surface area (TPSA) is 102 Å². The molecule has 0 aromatic rings. The molecule has 0 radical (unpaired) electrons. The average molecular weight is 955 g/mol. The number of rotatable bonds is 51. The van der Waals surface area contributed by atoms with Crippen LogP contribution in [0.3, 0.4) is 0 Å². The van der Waals surface area contributed by atoms with Crippen molar-refractivity contribution in [3.8, 4) is 0 Å². The molecule has 0 fully saturated rings. The van der Waals surface area contributed by atoms with Crippen LogP contribution >= 0.6 is 0 Å². The minimum absolute atomic E-state index is 0.0348. The van der Waals surface area contributed by atoms with Crippen LogP contribution in [0.25, 0.3) is 0 Å². The summed E-state index contributed by atoms with van der Waals surface area (Å²) >= 11 is 0. The molecule has 2 unspecified atom stereocenters. The summed E-state index contributed by atoms with van der Waals surface area (Å²) in [6, 6.07) is -0.731. The van der Waals surface area contributed by atoms with Crippen molar-refractivity contribution in [2.45, 2.75) is 264 Å². The fourth-order valence-electron chi connectivity index (χ4n) is 8.23. The maximum atomic E-state index is 12.8. The standard InChI is InChI=1S/C60H107NO7/c1-6-8-10-12-14-16-18-20-22-24-26-28-30-32-34-36-38-40-42-44-46-48-50-58(62)67-55-56(54-66-53-52-57(60(64)65)61(3,4)5)68-59(63)51-49-47-45-43-41-39-37-35-33-31-29-27-25-23-21-19-17-15-13-11-9-7-2/h14,16,20,22,25-28,31,33,56-57H,6-13,15,17-19,21,23-24,29-30,32,34-55H2,1-5H3/b16-14+,22-20+,27-25+,28-26+,33-31+. The van der Waals surface area contributed by atoms with Gasteiger partial charge in [-0.1, -0.05) is 209 Å². The number of nitrogens with zero attached hydrogens (tertiary/aromatic N) is 1. The number of carbonyl (C=O) groups is 3. The first-order valence-electron chi connectivity index (χ1n) is 28.3. The van der Waals surface area contributed by atoms with Gasteiger partial charge in [0.05, 0.1) is 40.3 Å². The highest BCUT2D eigenvalue weighted by molar-refractivity contribution is 5.70. The molecule has 0 aliphatic carbocycles. The van der Waals surface area contributed by atoms with E-state index in [1.165, 1.54) is 148 Å². The maximum absolute atomic E-state index is 12.8. The molecule has 0 aliphatic rings. The highest BCUT2D eigenvalue weighted by atomic mass is 16.6. The maximum Gasteiger partial charge on any atom is 0.306 e. The second-order valence-corrected chi connectivity index (χ2v) is 20.2. The van der Waals surface area contributed by atoms with Crippen molar-refractivity contribution in [3.63, 3.8) is 0 Å². The third-order valence-corrected chi connectivity index (χ3v) is 12.6. The van der Waals surface area contributed by atoms with Gasteiger partial charge in [0, 0.05) is 19.3 Å². The molecule has 8 heteroatoms. The highest BCUT2D eigenvalue weighted by Gasteiger charge is 2.25. The van der Waals surface area contributed by atoms with Gasteiger partial charge >= 0.3 is 11.9 Å². The largest absolute Gasteiger partial charge is 0.544 e. The molecule has 0 saturated heterocycles. The van der Waals surface area contributed by atoms with E-state index in [4.69, 9.17) is 14.2 Å². The molecule has 394 valence electrons. The minimum Gasteiger partial charge on any atom is -0.544 e. The Morgan fingerprint density at radius 1 is 0.441 bits per heavy atom. The molecule has 0 N–H and O–H groups in total.